The highest BCUT2D eigenvalue weighted by atomic mass is 16.5. The molecule has 0 aromatic heterocycles. The first-order chi connectivity index (χ1) is 14.0. The highest BCUT2D eigenvalue weighted by molar-refractivity contribution is 5.89. The molecule has 3 rings (SSSR count). The molecule has 0 saturated carbocycles. The Hall–Kier alpha value is -3.60. The van der Waals surface area contributed by atoms with Crippen molar-refractivity contribution < 1.29 is 19.1 Å². The number of nitrogens with zero attached hydrogens (tertiary/aromatic N) is 1. The van der Waals surface area contributed by atoms with Gasteiger partial charge in [-0.2, -0.15) is 0 Å². The van der Waals surface area contributed by atoms with E-state index in [0.717, 1.165) is 27.6 Å². The van der Waals surface area contributed by atoms with E-state index in [1.165, 1.54) is 6.08 Å². The third kappa shape index (κ3) is 5.69. The first kappa shape index (κ1) is 20.1. The Morgan fingerprint density at radius 2 is 1.69 bits per heavy atom. The molecular weight excluding hydrogens is 366 g/mol. The monoisotopic (exact) mass is 389 g/mol. The van der Waals surface area contributed by atoms with Crippen molar-refractivity contribution in [3.05, 3.63) is 83.9 Å². The molecule has 29 heavy (non-hydrogen) atoms. The number of methoxy groups -OCH3 is 1. The van der Waals surface area contributed by atoms with Gasteiger partial charge < -0.3 is 14.4 Å². The van der Waals surface area contributed by atoms with Crippen molar-refractivity contribution in [1.82, 2.24) is 4.90 Å². The lowest BCUT2D eigenvalue weighted by Crippen LogP contribution is -2.30. The molecule has 3 aromatic rings. The largest absolute Gasteiger partial charge is 0.497 e. The topological polar surface area (TPSA) is 55.8 Å². The van der Waals surface area contributed by atoms with Gasteiger partial charge in [-0.25, -0.2) is 4.79 Å². The molecule has 0 unspecified atom stereocenters. The summed E-state index contributed by atoms with van der Waals surface area (Å²) in [5.41, 5.74) is 1.88. The molecule has 148 valence electrons. The Morgan fingerprint density at radius 3 is 2.45 bits per heavy atom. The number of hydrogen-bond donors (Lipinski definition) is 0. The van der Waals surface area contributed by atoms with Gasteiger partial charge in [0, 0.05) is 19.7 Å². The second-order valence-electron chi connectivity index (χ2n) is 6.65. The van der Waals surface area contributed by atoms with Gasteiger partial charge in [0.1, 0.15) is 5.75 Å². The van der Waals surface area contributed by atoms with Crippen LogP contribution in [0, 0.1) is 0 Å². The highest BCUT2D eigenvalue weighted by Crippen LogP contribution is 2.22. The predicted octanol–water partition coefficient (Wildman–Crippen LogP) is 4.06. The Morgan fingerprint density at radius 1 is 0.966 bits per heavy atom. The van der Waals surface area contributed by atoms with Crippen molar-refractivity contribution in [1.29, 1.82) is 0 Å². The van der Waals surface area contributed by atoms with Crippen LogP contribution in [0.3, 0.4) is 0 Å². The fourth-order valence-corrected chi connectivity index (χ4v) is 2.88. The lowest BCUT2D eigenvalue weighted by molar-refractivity contribution is -0.147. The average molecular weight is 389 g/mol. The van der Waals surface area contributed by atoms with Crippen LogP contribution in [0.15, 0.2) is 72.8 Å². The number of benzene rings is 3. The van der Waals surface area contributed by atoms with E-state index >= 15 is 0 Å². The molecule has 3 aromatic carbocycles. The van der Waals surface area contributed by atoms with Crippen molar-refractivity contribution in [3.8, 4) is 5.75 Å². The number of rotatable bonds is 7. The quantitative estimate of drug-likeness (QED) is 0.452. The summed E-state index contributed by atoms with van der Waals surface area (Å²) in [6, 6.07) is 21.3. The van der Waals surface area contributed by atoms with E-state index in [4.69, 9.17) is 9.47 Å². The number of carbonyl (C=O) groups is 2. The standard InChI is InChI=1S/C24H23NO4/c1-25(16-19-8-10-21-15-22(28-2)12-11-20(21)14-19)23(26)17-29-24(27)13-9-18-6-4-3-5-7-18/h3-15H,16-17H2,1-2H3/b13-9+. The number of carbonyl (C=O) groups excluding carboxylic acids is 2. The zero-order chi connectivity index (χ0) is 20.6. The smallest absolute Gasteiger partial charge is 0.331 e. The Kier molecular flexibility index (Phi) is 6.63. The average Bonchev–Trinajstić information content (AvgIpc) is 2.76. The number of amides is 1. The van der Waals surface area contributed by atoms with Crippen molar-refractivity contribution in [2.45, 2.75) is 6.54 Å². The summed E-state index contributed by atoms with van der Waals surface area (Å²) in [6.45, 7) is 0.136. The van der Waals surface area contributed by atoms with E-state index in [1.54, 1.807) is 25.1 Å². The first-order valence-corrected chi connectivity index (χ1v) is 9.26. The molecule has 1 amide bonds. The van der Waals surface area contributed by atoms with Crippen LogP contribution in [0.25, 0.3) is 16.8 Å². The second-order valence-corrected chi connectivity index (χ2v) is 6.65. The minimum absolute atomic E-state index is 0.263. The number of hydrogen-bond acceptors (Lipinski definition) is 4. The molecule has 5 heteroatoms. The SMILES string of the molecule is COc1ccc2cc(CN(C)C(=O)COC(=O)/C=C/c3ccccc3)ccc2c1. The molecule has 0 heterocycles. The maximum atomic E-state index is 12.3. The van der Waals surface area contributed by atoms with E-state index in [9.17, 15) is 9.59 Å². The summed E-state index contributed by atoms with van der Waals surface area (Å²) < 4.78 is 10.3. The Bertz CT molecular complexity index is 1030. The van der Waals surface area contributed by atoms with Gasteiger partial charge in [0.05, 0.1) is 7.11 Å². The molecule has 0 radical (unpaired) electrons. The minimum atomic E-state index is -0.546. The maximum Gasteiger partial charge on any atom is 0.331 e. The predicted molar refractivity (Wildman–Crippen MR) is 113 cm³/mol. The molecule has 0 bridgehead atoms. The molecular formula is C24H23NO4. The molecule has 0 N–H and O–H groups in total. The van der Waals surface area contributed by atoms with Gasteiger partial charge in [-0.1, -0.05) is 48.5 Å². The van der Waals surface area contributed by atoms with Crippen LogP contribution < -0.4 is 4.74 Å². The van der Waals surface area contributed by atoms with Crippen molar-refractivity contribution >= 4 is 28.7 Å². The van der Waals surface area contributed by atoms with E-state index in [1.807, 2.05) is 66.7 Å². The van der Waals surface area contributed by atoms with E-state index in [2.05, 4.69) is 0 Å². The zero-order valence-corrected chi connectivity index (χ0v) is 16.5. The molecule has 0 fully saturated rings. The summed E-state index contributed by atoms with van der Waals surface area (Å²) >= 11 is 0. The minimum Gasteiger partial charge on any atom is -0.497 e. The summed E-state index contributed by atoms with van der Waals surface area (Å²) in [7, 11) is 3.33. The van der Waals surface area contributed by atoms with Crippen molar-refractivity contribution in [2.24, 2.45) is 0 Å². The van der Waals surface area contributed by atoms with Gasteiger partial charge >= 0.3 is 5.97 Å². The van der Waals surface area contributed by atoms with Gasteiger partial charge in [0.25, 0.3) is 5.91 Å². The first-order valence-electron chi connectivity index (χ1n) is 9.26. The van der Waals surface area contributed by atoms with Crippen LogP contribution >= 0.6 is 0 Å². The lowest BCUT2D eigenvalue weighted by atomic mass is 10.1. The Balaban J connectivity index is 1.53. The van der Waals surface area contributed by atoms with E-state index in [-0.39, 0.29) is 12.5 Å². The Labute approximate surface area is 170 Å². The fourth-order valence-electron chi connectivity index (χ4n) is 2.88. The fraction of sp³-hybridized carbons (Fsp3) is 0.167. The molecule has 0 aliphatic rings. The summed E-state index contributed by atoms with van der Waals surface area (Å²) in [5.74, 6) is -0.00257. The van der Waals surface area contributed by atoms with Crippen LogP contribution in [0.1, 0.15) is 11.1 Å². The van der Waals surface area contributed by atoms with Crippen molar-refractivity contribution in [2.75, 3.05) is 20.8 Å². The molecule has 0 aliphatic heterocycles. The second kappa shape index (κ2) is 9.55. The molecule has 0 aliphatic carbocycles. The van der Waals surface area contributed by atoms with Gasteiger partial charge in [-0.3, -0.25) is 4.79 Å². The van der Waals surface area contributed by atoms with Crippen LogP contribution in [0.2, 0.25) is 0 Å². The molecule has 0 saturated heterocycles. The number of fused-ring (bicyclic) bond motifs is 1. The number of esters is 1. The summed E-state index contributed by atoms with van der Waals surface area (Å²) in [6.07, 6.45) is 2.97. The van der Waals surface area contributed by atoms with Crippen LogP contribution in [0.4, 0.5) is 0 Å². The molecule has 5 nitrogen and oxygen atoms in total. The third-order valence-corrected chi connectivity index (χ3v) is 4.51. The maximum absolute atomic E-state index is 12.3. The number of ether oxygens (including phenoxy) is 2. The molecule has 0 atom stereocenters. The van der Waals surface area contributed by atoms with E-state index < -0.39 is 5.97 Å². The zero-order valence-electron chi connectivity index (χ0n) is 16.5. The van der Waals surface area contributed by atoms with Crippen LogP contribution in [-0.2, 0) is 20.9 Å². The van der Waals surface area contributed by atoms with Gasteiger partial charge in [-0.05, 0) is 46.2 Å². The van der Waals surface area contributed by atoms with Crippen LogP contribution in [0.5, 0.6) is 5.75 Å². The number of likely N-dealkylation sites (N-methyl/N-ethyl adjacent to an activating group) is 1. The third-order valence-electron chi connectivity index (χ3n) is 4.51. The van der Waals surface area contributed by atoms with Crippen molar-refractivity contribution in [3.63, 3.8) is 0 Å². The highest BCUT2D eigenvalue weighted by Gasteiger charge is 2.12. The van der Waals surface area contributed by atoms with Gasteiger partial charge in [0.2, 0.25) is 0 Å². The van der Waals surface area contributed by atoms with Gasteiger partial charge in [0.15, 0.2) is 6.61 Å². The van der Waals surface area contributed by atoms with E-state index in [0.29, 0.717) is 6.54 Å². The summed E-state index contributed by atoms with van der Waals surface area (Å²) in [5, 5.41) is 2.14. The molecule has 0 spiro atoms. The van der Waals surface area contributed by atoms with Crippen LogP contribution in [-0.4, -0.2) is 37.5 Å². The van der Waals surface area contributed by atoms with Gasteiger partial charge in [-0.15, -0.1) is 0 Å². The summed E-state index contributed by atoms with van der Waals surface area (Å²) in [4.78, 5) is 25.6. The normalized spacial score (nSPS) is 10.8. The lowest BCUT2D eigenvalue weighted by Gasteiger charge is -2.17.